The van der Waals surface area contributed by atoms with Crippen molar-refractivity contribution in [1.29, 1.82) is 0 Å². The molecule has 2 amide bonds. The maximum Gasteiger partial charge on any atom is 0.586 e. The van der Waals surface area contributed by atoms with Crippen LogP contribution < -0.4 is 14.8 Å². The fourth-order valence-electron chi connectivity index (χ4n) is 3.02. The highest BCUT2D eigenvalue weighted by molar-refractivity contribution is 5.89. The number of alkyl halides is 2. The van der Waals surface area contributed by atoms with Gasteiger partial charge in [0, 0.05) is 43.5 Å². The molecule has 1 aromatic rings. The van der Waals surface area contributed by atoms with E-state index in [1.54, 1.807) is 4.90 Å². The molecule has 2 heterocycles. The number of hydrogen-bond donors (Lipinski definition) is 1. The summed E-state index contributed by atoms with van der Waals surface area (Å²) in [6, 6.07) is 3.96. The Bertz CT molecular complexity index is 661. The number of nitrogens with one attached hydrogen (secondary N) is 1. The van der Waals surface area contributed by atoms with Crippen molar-refractivity contribution in [2.24, 2.45) is 0 Å². The zero-order chi connectivity index (χ0) is 18.2. The Kier molecular flexibility index (Phi) is 4.49. The molecule has 1 aromatic carbocycles. The van der Waals surface area contributed by atoms with Crippen molar-refractivity contribution in [2.45, 2.75) is 39.0 Å². The molecule has 3 rings (SSSR count). The molecule has 0 atom stereocenters. The Morgan fingerprint density at radius 2 is 1.84 bits per heavy atom. The third kappa shape index (κ3) is 4.12. The van der Waals surface area contributed by atoms with Gasteiger partial charge in [0.2, 0.25) is 0 Å². The van der Waals surface area contributed by atoms with Crippen LogP contribution in [0.15, 0.2) is 18.2 Å². The molecule has 2 aliphatic heterocycles. The van der Waals surface area contributed by atoms with Crippen molar-refractivity contribution < 1.29 is 23.0 Å². The molecule has 0 aromatic heterocycles. The number of ether oxygens (including phenoxy) is 2. The Morgan fingerprint density at radius 3 is 2.56 bits per heavy atom. The van der Waals surface area contributed by atoms with Crippen LogP contribution in [0.3, 0.4) is 0 Å². The largest absolute Gasteiger partial charge is 0.586 e. The van der Waals surface area contributed by atoms with Crippen LogP contribution in [0.5, 0.6) is 11.5 Å². The van der Waals surface area contributed by atoms with Crippen molar-refractivity contribution in [3.05, 3.63) is 18.2 Å². The maximum atomic E-state index is 13.1. The molecule has 25 heavy (non-hydrogen) atoms. The number of carbonyl (C=O) groups is 1. The molecule has 1 N–H and O–H groups in total. The van der Waals surface area contributed by atoms with Crippen molar-refractivity contribution >= 4 is 11.7 Å². The molecule has 8 heteroatoms. The maximum absolute atomic E-state index is 13.1. The van der Waals surface area contributed by atoms with Gasteiger partial charge in [-0.05, 0) is 39.3 Å². The number of halogens is 2. The van der Waals surface area contributed by atoms with Crippen LogP contribution >= 0.6 is 0 Å². The first-order valence-electron chi connectivity index (χ1n) is 8.35. The molecule has 0 spiro atoms. The second-order valence-electron chi connectivity index (χ2n) is 7.26. The summed E-state index contributed by atoms with van der Waals surface area (Å²) < 4.78 is 34.9. The van der Waals surface area contributed by atoms with Crippen LogP contribution in [0.4, 0.5) is 19.3 Å². The normalized spacial score (nSPS) is 20.3. The lowest BCUT2D eigenvalue weighted by Gasteiger charge is -2.34. The predicted octanol–water partition coefficient (Wildman–Crippen LogP) is 3.35. The second-order valence-corrected chi connectivity index (χ2v) is 7.26. The van der Waals surface area contributed by atoms with Gasteiger partial charge in [0.1, 0.15) is 0 Å². The zero-order valence-electron chi connectivity index (χ0n) is 14.6. The third-order valence-electron chi connectivity index (χ3n) is 4.38. The summed E-state index contributed by atoms with van der Waals surface area (Å²) in [6.45, 7) is 9.48. The SMILES string of the molecule is CC(C)(C)N1CCCN(C(=O)Nc2ccc3c(c2)OC(F)(F)O3)CC1. The van der Waals surface area contributed by atoms with E-state index in [0.29, 0.717) is 18.8 Å². The van der Waals surface area contributed by atoms with E-state index >= 15 is 0 Å². The van der Waals surface area contributed by atoms with Gasteiger partial charge in [0.15, 0.2) is 11.5 Å². The van der Waals surface area contributed by atoms with E-state index in [1.807, 2.05) is 0 Å². The monoisotopic (exact) mass is 355 g/mol. The molecule has 0 aliphatic carbocycles. The molecule has 1 saturated heterocycles. The van der Waals surface area contributed by atoms with E-state index in [-0.39, 0.29) is 23.1 Å². The van der Waals surface area contributed by atoms with Gasteiger partial charge in [-0.3, -0.25) is 4.90 Å². The number of benzene rings is 1. The first-order chi connectivity index (χ1) is 11.6. The van der Waals surface area contributed by atoms with Crippen LogP contribution in [0.25, 0.3) is 0 Å². The first-order valence-corrected chi connectivity index (χ1v) is 8.35. The summed E-state index contributed by atoms with van der Waals surface area (Å²) in [4.78, 5) is 16.6. The molecule has 0 saturated carbocycles. The Morgan fingerprint density at radius 1 is 1.12 bits per heavy atom. The lowest BCUT2D eigenvalue weighted by atomic mass is 10.1. The van der Waals surface area contributed by atoms with Gasteiger partial charge >= 0.3 is 12.3 Å². The summed E-state index contributed by atoms with van der Waals surface area (Å²) >= 11 is 0. The van der Waals surface area contributed by atoms with E-state index < -0.39 is 6.29 Å². The first kappa shape index (κ1) is 17.7. The summed E-state index contributed by atoms with van der Waals surface area (Å²) in [5, 5.41) is 2.74. The average Bonchev–Trinajstić information content (AvgIpc) is 2.68. The molecular weight excluding hydrogens is 332 g/mol. The molecular formula is C17H23F2N3O3. The zero-order valence-corrected chi connectivity index (χ0v) is 14.6. The van der Waals surface area contributed by atoms with E-state index in [9.17, 15) is 13.6 Å². The summed E-state index contributed by atoms with van der Waals surface area (Å²) in [5.74, 6) is -0.129. The number of rotatable bonds is 1. The molecule has 0 bridgehead atoms. The Balaban J connectivity index is 1.62. The quantitative estimate of drug-likeness (QED) is 0.839. The van der Waals surface area contributed by atoms with Gasteiger partial charge in [-0.15, -0.1) is 8.78 Å². The van der Waals surface area contributed by atoms with Crippen LogP contribution in [0.1, 0.15) is 27.2 Å². The number of carbonyl (C=O) groups excluding carboxylic acids is 1. The van der Waals surface area contributed by atoms with E-state index in [4.69, 9.17) is 0 Å². The molecule has 0 unspecified atom stereocenters. The van der Waals surface area contributed by atoms with Gasteiger partial charge in [0.05, 0.1) is 0 Å². The summed E-state index contributed by atoms with van der Waals surface area (Å²) in [6.07, 6.45) is -2.77. The van der Waals surface area contributed by atoms with Crippen molar-refractivity contribution in [3.8, 4) is 11.5 Å². The van der Waals surface area contributed by atoms with E-state index in [2.05, 4.69) is 40.5 Å². The molecule has 138 valence electrons. The number of nitrogens with zero attached hydrogens (tertiary/aromatic N) is 2. The molecule has 2 aliphatic rings. The van der Waals surface area contributed by atoms with Gasteiger partial charge in [-0.25, -0.2) is 4.79 Å². The minimum absolute atomic E-state index is 0.0430. The third-order valence-corrected chi connectivity index (χ3v) is 4.38. The van der Waals surface area contributed by atoms with Gasteiger partial charge in [0.25, 0.3) is 0 Å². The summed E-state index contributed by atoms with van der Waals surface area (Å²) in [5.41, 5.74) is 0.455. The highest BCUT2D eigenvalue weighted by Gasteiger charge is 2.43. The fourth-order valence-corrected chi connectivity index (χ4v) is 3.02. The average molecular weight is 355 g/mol. The smallest absolute Gasteiger partial charge is 0.395 e. The van der Waals surface area contributed by atoms with Crippen LogP contribution in [-0.2, 0) is 0 Å². The minimum Gasteiger partial charge on any atom is -0.395 e. The molecule has 6 nitrogen and oxygen atoms in total. The van der Waals surface area contributed by atoms with E-state index in [0.717, 1.165) is 19.5 Å². The number of fused-ring (bicyclic) bond motifs is 1. The summed E-state index contributed by atoms with van der Waals surface area (Å²) in [7, 11) is 0. The van der Waals surface area contributed by atoms with Crippen molar-refractivity contribution in [2.75, 3.05) is 31.5 Å². The second kappa shape index (κ2) is 6.33. The Labute approximate surface area is 145 Å². The van der Waals surface area contributed by atoms with Crippen molar-refractivity contribution in [3.63, 3.8) is 0 Å². The van der Waals surface area contributed by atoms with Gasteiger partial charge in [-0.2, -0.15) is 0 Å². The minimum atomic E-state index is -3.66. The standard InChI is InChI=1S/C17H23F2N3O3/c1-16(2,3)22-8-4-7-21(9-10-22)15(23)20-12-5-6-13-14(11-12)25-17(18,19)24-13/h5-6,11H,4,7-10H2,1-3H3,(H,20,23). The number of anilines is 1. The number of hydrogen-bond acceptors (Lipinski definition) is 4. The number of amides is 2. The number of urea groups is 1. The molecule has 0 radical (unpaired) electrons. The fraction of sp³-hybridized carbons (Fsp3) is 0.588. The van der Waals surface area contributed by atoms with Crippen molar-refractivity contribution in [1.82, 2.24) is 9.80 Å². The Hall–Kier alpha value is -2.09. The topological polar surface area (TPSA) is 54.0 Å². The van der Waals surface area contributed by atoms with Crippen LogP contribution in [0, 0.1) is 0 Å². The highest BCUT2D eigenvalue weighted by atomic mass is 19.3. The van der Waals surface area contributed by atoms with Crippen LogP contribution in [0.2, 0.25) is 0 Å². The highest BCUT2D eigenvalue weighted by Crippen LogP contribution is 2.42. The predicted molar refractivity (Wildman–Crippen MR) is 89.2 cm³/mol. The van der Waals surface area contributed by atoms with Crippen LogP contribution in [-0.4, -0.2) is 53.8 Å². The lowest BCUT2D eigenvalue weighted by Crippen LogP contribution is -2.44. The van der Waals surface area contributed by atoms with Gasteiger partial charge < -0.3 is 19.7 Å². The van der Waals surface area contributed by atoms with Gasteiger partial charge in [-0.1, -0.05) is 0 Å². The lowest BCUT2D eigenvalue weighted by molar-refractivity contribution is -0.286. The molecule has 1 fully saturated rings. The van der Waals surface area contributed by atoms with E-state index in [1.165, 1.54) is 18.2 Å².